The number of aliphatic hydroxyl groups is 1. The molecule has 1 aromatic heterocycles. The van der Waals surface area contributed by atoms with E-state index in [9.17, 15) is 24.3 Å². The van der Waals surface area contributed by atoms with Crippen LogP contribution in [0.3, 0.4) is 0 Å². The number of benzene rings is 13. The molecule has 686 valence electrons. The largest absolute Gasteiger partial charge is 0.392 e. The van der Waals surface area contributed by atoms with Crippen LogP contribution >= 0.6 is 46.4 Å². The summed E-state index contributed by atoms with van der Waals surface area (Å²) in [5.74, 6) is 0.762. The van der Waals surface area contributed by atoms with Gasteiger partial charge in [-0.25, -0.2) is 4.98 Å². The van der Waals surface area contributed by atoms with Crippen LogP contribution in [0.4, 0.5) is 5.82 Å². The molecule has 0 aliphatic carbocycles. The Morgan fingerprint density at radius 1 is 0.348 bits per heavy atom. The molecule has 14 aromatic rings. The van der Waals surface area contributed by atoms with Crippen LogP contribution in [0.15, 0.2) is 243 Å². The van der Waals surface area contributed by atoms with E-state index >= 15 is 0 Å². The summed E-state index contributed by atoms with van der Waals surface area (Å²) in [6.07, 6.45) is -0.923. The SMILES string of the molecule is CC(=O)C(OC(C)(C)C)c1c(C)c(-c2ccc(N(C)C)nc2)c2ccccc2c1-c1ccc(Cl)cc1.CC(=O)C(OC(C)(C)C)c1c(C)c(-c2ccccc2)c2ccccc2c1-c1ccc(Cl)cc1.CC(=O)C(OC(C)(C)C)c1c(C)c(CN2CCOCC2)c2ccccc2c1-c1ccc(Cl)cc1.CC(=O)C(OC(C)(C)C)c1c(C)c(CO)c2ccccc2c1-c1ccc(Cl)cc1. The Labute approximate surface area is 799 Å². The molecule has 132 heavy (non-hydrogen) atoms. The van der Waals surface area contributed by atoms with Gasteiger partial charge in [0.1, 0.15) is 30.2 Å². The number of hydrogen-bond acceptors (Lipinski definition) is 13. The first kappa shape index (κ1) is 100. The first-order valence-corrected chi connectivity index (χ1v) is 46.5. The fraction of sp³-hybridized carbons (Fsp3) is 0.313. The van der Waals surface area contributed by atoms with E-state index in [1.165, 1.54) is 10.9 Å². The van der Waals surface area contributed by atoms with Crippen molar-refractivity contribution < 1.29 is 48.0 Å². The summed E-state index contributed by atoms with van der Waals surface area (Å²) >= 11 is 24.8. The van der Waals surface area contributed by atoms with Crippen molar-refractivity contribution >= 4 is 118 Å². The van der Waals surface area contributed by atoms with Crippen molar-refractivity contribution in [3.8, 4) is 66.8 Å². The molecule has 0 amide bonds. The zero-order chi connectivity index (χ0) is 95.8. The molecular formula is C115H123Cl4N3O10. The number of rotatable bonds is 22. The number of carbonyl (C=O) groups is 4. The molecule has 0 bridgehead atoms. The van der Waals surface area contributed by atoms with Crippen molar-refractivity contribution in [1.82, 2.24) is 9.88 Å². The van der Waals surface area contributed by atoms with Gasteiger partial charge in [0.05, 0.1) is 42.2 Å². The number of hydrogen-bond donors (Lipinski definition) is 1. The smallest absolute Gasteiger partial charge is 0.163 e. The summed E-state index contributed by atoms with van der Waals surface area (Å²) in [6.45, 7) is 42.3. The van der Waals surface area contributed by atoms with E-state index in [1.807, 2.05) is 279 Å². The molecule has 0 spiro atoms. The van der Waals surface area contributed by atoms with Crippen molar-refractivity contribution in [1.29, 1.82) is 0 Å². The maximum atomic E-state index is 13.2. The molecule has 13 nitrogen and oxygen atoms in total. The Hall–Kier alpha value is -10.6. The van der Waals surface area contributed by atoms with E-state index in [0.29, 0.717) is 20.1 Å². The van der Waals surface area contributed by atoms with E-state index in [2.05, 4.69) is 103 Å². The van der Waals surface area contributed by atoms with Crippen molar-refractivity contribution in [3.05, 3.63) is 319 Å². The number of ketones is 4. The van der Waals surface area contributed by atoms with E-state index < -0.39 is 46.8 Å². The Kier molecular flexibility index (Phi) is 32.5. The first-order valence-electron chi connectivity index (χ1n) is 45.0. The summed E-state index contributed by atoms with van der Waals surface area (Å²) in [6, 6.07) is 78.7. The molecule has 2 heterocycles. The number of fused-ring (bicyclic) bond motifs is 4. The second-order valence-corrected chi connectivity index (χ2v) is 39.9. The number of anilines is 1. The molecule has 1 fully saturated rings. The van der Waals surface area contributed by atoms with Gasteiger partial charge in [0.15, 0.2) is 23.1 Å². The summed E-state index contributed by atoms with van der Waals surface area (Å²) in [5.41, 5.74) is 19.9. The number of aliphatic hydroxyl groups excluding tert-OH is 1. The molecule has 4 unspecified atom stereocenters. The van der Waals surface area contributed by atoms with Crippen molar-refractivity contribution in [2.75, 3.05) is 45.3 Å². The maximum Gasteiger partial charge on any atom is 0.163 e. The number of ether oxygens (including phenoxy) is 5. The van der Waals surface area contributed by atoms with Gasteiger partial charge in [-0.2, -0.15) is 0 Å². The summed E-state index contributed by atoms with van der Waals surface area (Å²) in [5, 5.41) is 21.5. The number of halogens is 4. The lowest BCUT2D eigenvalue weighted by Gasteiger charge is -2.32. The van der Waals surface area contributed by atoms with Crippen LogP contribution in [0.2, 0.25) is 20.1 Å². The lowest BCUT2D eigenvalue weighted by Crippen LogP contribution is -2.36. The normalized spacial score (nSPS) is 13.6. The first-order chi connectivity index (χ1) is 62.4. The maximum absolute atomic E-state index is 13.2. The number of nitrogens with zero attached hydrogens (tertiary/aromatic N) is 3. The third-order valence-electron chi connectivity index (χ3n) is 23.5. The zero-order valence-electron chi connectivity index (χ0n) is 80.1. The number of aromatic nitrogens is 1. The van der Waals surface area contributed by atoms with Crippen LogP contribution in [0, 0.1) is 27.7 Å². The van der Waals surface area contributed by atoms with Gasteiger partial charge < -0.3 is 33.7 Å². The Balaban J connectivity index is 0.000000159. The van der Waals surface area contributed by atoms with E-state index in [0.717, 1.165) is 193 Å². The quantitative estimate of drug-likeness (QED) is 0.0685. The minimum atomic E-state index is -0.740. The van der Waals surface area contributed by atoms with Gasteiger partial charge in [0.2, 0.25) is 0 Å². The van der Waals surface area contributed by atoms with Crippen LogP contribution < -0.4 is 4.90 Å². The Morgan fingerprint density at radius 2 is 0.598 bits per heavy atom. The van der Waals surface area contributed by atoms with Gasteiger partial charge in [-0.1, -0.05) is 222 Å². The predicted molar refractivity (Wildman–Crippen MR) is 549 cm³/mol. The minimum absolute atomic E-state index is 0.000780. The topological polar surface area (TPSA) is 154 Å². The van der Waals surface area contributed by atoms with E-state index in [-0.39, 0.29) is 29.7 Å². The highest BCUT2D eigenvalue weighted by Crippen LogP contribution is 2.51. The standard InChI is InChI=1S/C31H33ClN2O2.C30H29ClO2.C29H34ClNO3.C25H27ClO3/c1-19-27(22-14-17-26(33-18-22)34(6)7)24-10-8-9-11-25(24)29(21-12-15-23(32)16-13-21)28(19)30(20(2)35)36-31(3,4)5;1-19-26(21-11-7-6-8-12-21)24-13-9-10-14-25(24)28(22-15-17-23(31)18-16-22)27(19)29(20(2)32)33-30(3,4)5;1-19-25(18-31-14-16-33-17-15-31)23-8-6-7-9-24(23)27(21-10-12-22(30)13-11-21)26(19)28(20(2)32)34-29(3,4)5;1-15-21(14-27)19-8-6-7-9-20(19)23(17-10-12-18(26)13-11-17)22(15)24(16(2)28)29-25(3,4)5/h8-18,30H,1-7H3;6-18,29H,1-5H3;6-13,28H,14-18H2,1-5H3;6-13,24,27H,14H2,1-5H3. The highest BCUT2D eigenvalue weighted by molar-refractivity contribution is 6.32. The lowest BCUT2D eigenvalue weighted by atomic mass is 9.81. The molecule has 17 heteroatoms. The van der Waals surface area contributed by atoms with Gasteiger partial charge in [-0.05, 0) is 348 Å². The van der Waals surface area contributed by atoms with E-state index in [1.54, 1.807) is 27.7 Å². The minimum Gasteiger partial charge on any atom is -0.392 e. The third kappa shape index (κ3) is 23.8. The highest BCUT2D eigenvalue weighted by atomic mass is 35.5. The third-order valence-corrected chi connectivity index (χ3v) is 24.5. The Morgan fingerprint density at radius 3 is 0.879 bits per heavy atom. The van der Waals surface area contributed by atoms with Crippen LogP contribution in [0.5, 0.6) is 0 Å². The summed E-state index contributed by atoms with van der Waals surface area (Å²) in [4.78, 5) is 61.1. The van der Waals surface area contributed by atoms with Crippen LogP contribution in [0.25, 0.3) is 110 Å². The number of Topliss-reactive ketones (excluding diaryl/α,β-unsaturated/α-hetero) is 4. The van der Waals surface area contributed by atoms with Crippen molar-refractivity contribution in [2.24, 2.45) is 0 Å². The van der Waals surface area contributed by atoms with Gasteiger partial charge >= 0.3 is 0 Å². The molecule has 1 N–H and O–H groups in total. The van der Waals surface area contributed by atoms with Crippen molar-refractivity contribution in [2.45, 2.75) is 198 Å². The zero-order valence-corrected chi connectivity index (χ0v) is 83.1. The monoisotopic (exact) mass is 1850 g/mol. The van der Waals surface area contributed by atoms with Crippen molar-refractivity contribution in [3.63, 3.8) is 0 Å². The van der Waals surface area contributed by atoms with Gasteiger partial charge in [0, 0.05) is 76.7 Å². The molecule has 1 aliphatic rings. The second kappa shape index (κ2) is 42.7. The fourth-order valence-electron chi connectivity index (χ4n) is 17.9. The van der Waals surface area contributed by atoms with Crippen LogP contribution in [-0.4, -0.2) is 101 Å². The van der Waals surface area contributed by atoms with Gasteiger partial charge in [-0.3, -0.25) is 24.1 Å². The fourth-order valence-corrected chi connectivity index (χ4v) is 18.4. The number of carbonyl (C=O) groups excluding carboxylic acids is 4. The second-order valence-electron chi connectivity index (χ2n) is 38.2. The number of pyridine rings is 1. The van der Waals surface area contributed by atoms with Gasteiger partial charge in [0.25, 0.3) is 0 Å². The predicted octanol–water partition coefficient (Wildman–Crippen LogP) is 29.8. The Bertz CT molecular complexity index is 6500. The molecule has 0 radical (unpaired) electrons. The van der Waals surface area contributed by atoms with Crippen LogP contribution in [0.1, 0.15) is 191 Å². The molecule has 13 aromatic carbocycles. The molecule has 15 rings (SSSR count). The average molecular weight is 1850 g/mol. The molecule has 1 saturated heterocycles. The van der Waals surface area contributed by atoms with E-state index in [4.69, 9.17) is 70.1 Å². The summed E-state index contributed by atoms with van der Waals surface area (Å²) < 4.78 is 31.1. The highest BCUT2D eigenvalue weighted by Gasteiger charge is 2.37. The van der Waals surface area contributed by atoms with Gasteiger partial charge in [-0.15, -0.1) is 0 Å². The van der Waals surface area contributed by atoms with Crippen LogP contribution in [-0.2, 0) is 56.0 Å². The lowest BCUT2D eigenvalue weighted by molar-refractivity contribution is -0.139. The molecule has 0 saturated carbocycles. The molecule has 4 atom stereocenters. The average Bonchev–Trinajstić information content (AvgIpc) is 0.747. The molecule has 1 aliphatic heterocycles. The summed E-state index contributed by atoms with van der Waals surface area (Å²) in [7, 11) is 3.95. The molecular weight excluding hydrogens is 1730 g/mol. The number of morpholine rings is 1.